The predicted molar refractivity (Wildman–Crippen MR) is 293 cm³/mol. The van der Waals surface area contributed by atoms with E-state index < -0.39 is 6.10 Å². The zero-order valence-corrected chi connectivity index (χ0v) is 46.2. The SMILES string of the molecule is CCCCCCCC/C=C\CCCCCCCCCCCC(=O)OC(COC(=O)CCCCCCCCCCC)COC(=O)CCCCCCCCCCCCCCCCCCCCCCCC. The summed E-state index contributed by atoms with van der Waals surface area (Å²) in [5, 5.41) is 0. The first-order chi connectivity index (χ1) is 33.5. The van der Waals surface area contributed by atoms with Gasteiger partial charge < -0.3 is 14.2 Å². The molecule has 1 atom stereocenters. The number of esters is 3. The van der Waals surface area contributed by atoms with E-state index in [0.29, 0.717) is 19.3 Å². The minimum Gasteiger partial charge on any atom is -0.462 e. The van der Waals surface area contributed by atoms with Gasteiger partial charge in [-0.15, -0.1) is 0 Å². The Labute approximate surface area is 424 Å². The average molecular weight is 960 g/mol. The molecule has 0 heterocycles. The zero-order valence-electron chi connectivity index (χ0n) is 46.2. The molecule has 0 aliphatic rings. The molecule has 0 amide bonds. The summed E-state index contributed by atoms with van der Waals surface area (Å²) in [6.07, 6.45) is 66.5. The van der Waals surface area contributed by atoms with Crippen LogP contribution in [-0.4, -0.2) is 37.2 Å². The van der Waals surface area contributed by atoms with Crippen LogP contribution in [0.25, 0.3) is 0 Å². The van der Waals surface area contributed by atoms with Crippen LogP contribution in [0.1, 0.15) is 348 Å². The number of ether oxygens (including phenoxy) is 3. The van der Waals surface area contributed by atoms with Gasteiger partial charge in [0.25, 0.3) is 0 Å². The van der Waals surface area contributed by atoms with Crippen molar-refractivity contribution in [2.75, 3.05) is 13.2 Å². The Morgan fingerprint density at radius 1 is 0.279 bits per heavy atom. The van der Waals surface area contributed by atoms with Crippen LogP contribution < -0.4 is 0 Å². The predicted octanol–water partition coefficient (Wildman–Crippen LogP) is 20.5. The first kappa shape index (κ1) is 66.2. The van der Waals surface area contributed by atoms with E-state index in [0.717, 1.165) is 57.8 Å². The molecule has 0 N–H and O–H groups in total. The van der Waals surface area contributed by atoms with Crippen molar-refractivity contribution in [1.82, 2.24) is 0 Å². The van der Waals surface area contributed by atoms with Gasteiger partial charge in [-0.3, -0.25) is 14.4 Å². The number of rotatable bonds is 57. The number of carbonyl (C=O) groups is 3. The van der Waals surface area contributed by atoms with Gasteiger partial charge in [0.05, 0.1) is 0 Å². The molecule has 0 aromatic rings. The van der Waals surface area contributed by atoms with Crippen LogP contribution in [0.3, 0.4) is 0 Å². The lowest BCUT2D eigenvalue weighted by atomic mass is 10.0. The third-order valence-corrected chi connectivity index (χ3v) is 14.0. The van der Waals surface area contributed by atoms with Gasteiger partial charge in [0, 0.05) is 19.3 Å². The molecule has 402 valence electrons. The second-order valence-electron chi connectivity index (χ2n) is 21.0. The fourth-order valence-electron chi connectivity index (χ4n) is 9.38. The summed E-state index contributed by atoms with van der Waals surface area (Å²) in [7, 11) is 0. The van der Waals surface area contributed by atoms with E-state index in [4.69, 9.17) is 14.2 Å². The average Bonchev–Trinajstić information content (AvgIpc) is 3.34. The highest BCUT2D eigenvalue weighted by atomic mass is 16.6. The van der Waals surface area contributed by atoms with Gasteiger partial charge in [-0.25, -0.2) is 0 Å². The lowest BCUT2D eigenvalue weighted by Gasteiger charge is -2.18. The third kappa shape index (κ3) is 55.1. The quantitative estimate of drug-likeness (QED) is 0.0262. The van der Waals surface area contributed by atoms with Gasteiger partial charge in [0.15, 0.2) is 6.10 Å². The second-order valence-corrected chi connectivity index (χ2v) is 21.0. The third-order valence-electron chi connectivity index (χ3n) is 14.0. The molecule has 0 saturated carbocycles. The maximum atomic E-state index is 12.9. The van der Waals surface area contributed by atoms with Crippen molar-refractivity contribution in [3.05, 3.63) is 12.2 Å². The molecule has 6 heteroatoms. The van der Waals surface area contributed by atoms with E-state index in [9.17, 15) is 14.4 Å². The molecular weight excluding hydrogens is 841 g/mol. The van der Waals surface area contributed by atoms with Crippen molar-refractivity contribution in [3.63, 3.8) is 0 Å². The maximum absolute atomic E-state index is 12.9. The second kappa shape index (κ2) is 57.7. The van der Waals surface area contributed by atoms with Gasteiger partial charge in [-0.05, 0) is 44.9 Å². The molecule has 68 heavy (non-hydrogen) atoms. The number of allylic oxidation sites excluding steroid dienone is 2. The minimum absolute atomic E-state index is 0.0648. The van der Waals surface area contributed by atoms with Crippen molar-refractivity contribution in [1.29, 1.82) is 0 Å². The molecule has 1 unspecified atom stereocenters. The summed E-state index contributed by atoms with van der Waals surface area (Å²) in [5.41, 5.74) is 0. The Bertz CT molecular complexity index is 1060. The Kier molecular flexibility index (Phi) is 56.2. The van der Waals surface area contributed by atoms with Gasteiger partial charge in [0.2, 0.25) is 0 Å². The van der Waals surface area contributed by atoms with Crippen LogP contribution in [0.2, 0.25) is 0 Å². The first-order valence-electron chi connectivity index (χ1n) is 30.7. The Balaban J connectivity index is 4.17. The van der Waals surface area contributed by atoms with Crippen LogP contribution in [0.5, 0.6) is 0 Å². The lowest BCUT2D eigenvalue weighted by Crippen LogP contribution is -2.30. The monoisotopic (exact) mass is 959 g/mol. The van der Waals surface area contributed by atoms with E-state index in [1.165, 1.54) is 250 Å². The van der Waals surface area contributed by atoms with Crippen molar-refractivity contribution in [3.8, 4) is 0 Å². The molecule has 0 radical (unpaired) electrons. The molecule has 0 fully saturated rings. The molecule has 0 spiro atoms. The normalized spacial score (nSPS) is 12.0. The van der Waals surface area contributed by atoms with Crippen molar-refractivity contribution < 1.29 is 28.6 Å². The van der Waals surface area contributed by atoms with Crippen molar-refractivity contribution in [2.24, 2.45) is 0 Å². The van der Waals surface area contributed by atoms with Gasteiger partial charge in [-0.1, -0.05) is 296 Å². The summed E-state index contributed by atoms with van der Waals surface area (Å²) in [6.45, 7) is 6.68. The molecule has 0 aliphatic heterocycles. The summed E-state index contributed by atoms with van der Waals surface area (Å²) >= 11 is 0. The van der Waals surface area contributed by atoms with Crippen LogP contribution in [0.4, 0.5) is 0 Å². The van der Waals surface area contributed by atoms with E-state index in [1.807, 2.05) is 0 Å². The first-order valence-corrected chi connectivity index (χ1v) is 30.7. The molecule has 0 bridgehead atoms. The highest BCUT2D eigenvalue weighted by molar-refractivity contribution is 5.71. The Hall–Kier alpha value is -1.85. The number of carbonyl (C=O) groups excluding carboxylic acids is 3. The molecule has 0 aromatic heterocycles. The summed E-state index contributed by atoms with van der Waals surface area (Å²) in [5.74, 6) is -0.844. The lowest BCUT2D eigenvalue weighted by molar-refractivity contribution is -0.167. The van der Waals surface area contributed by atoms with Crippen molar-refractivity contribution in [2.45, 2.75) is 354 Å². The van der Waals surface area contributed by atoms with Gasteiger partial charge in [-0.2, -0.15) is 0 Å². The zero-order chi connectivity index (χ0) is 49.3. The van der Waals surface area contributed by atoms with Gasteiger partial charge >= 0.3 is 17.9 Å². The summed E-state index contributed by atoms with van der Waals surface area (Å²) in [4.78, 5) is 38.1. The van der Waals surface area contributed by atoms with Crippen LogP contribution >= 0.6 is 0 Å². The highest BCUT2D eigenvalue weighted by Gasteiger charge is 2.19. The fraction of sp³-hybridized carbons (Fsp3) is 0.919. The van der Waals surface area contributed by atoms with Crippen LogP contribution in [-0.2, 0) is 28.6 Å². The highest BCUT2D eigenvalue weighted by Crippen LogP contribution is 2.18. The molecular formula is C62H118O6. The number of unbranched alkanes of at least 4 members (excludes halogenated alkanes) is 44. The topological polar surface area (TPSA) is 78.9 Å². The van der Waals surface area contributed by atoms with Crippen LogP contribution in [0, 0.1) is 0 Å². The van der Waals surface area contributed by atoms with E-state index in [-0.39, 0.29) is 31.1 Å². The van der Waals surface area contributed by atoms with Crippen molar-refractivity contribution >= 4 is 17.9 Å². The van der Waals surface area contributed by atoms with E-state index in [2.05, 4.69) is 32.9 Å². The molecule has 0 aliphatic carbocycles. The standard InChI is InChI=1S/C62H118O6/c1-4-7-10-13-16-19-21-23-25-27-29-30-31-33-34-36-38-40-43-46-49-52-55-61(64)67-58-59(57-66-60(63)54-51-48-45-42-18-15-12-9-6-3)68-62(65)56-53-50-47-44-41-39-37-35-32-28-26-24-22-20-17-14-11-8-5-2/h24,26,59H,4-23,25,27-58H2,1-3H3/b26-24-. The smallest absolute Gasteiger partial charge is 0.306 e. The van der Waals surface area contributed by atoms with Gasteiger partial charge in [0.1, 0.15) is 13.2 Å². The maximum Gasteiger partial charge on any atom is 0.306 e. The molecule has 0 saturated heterocycles. The molecule has 0 aromatic carbocycles. The van der Waals surface area contributed by atoms with E-state index >= 15 is 0 Å². The van der Waals surface area contributed by atoms with E-state index in [1.54, 1.807) is 0 Å². The van der Waals surface area contributed by atoms with Crippen LogP contribution in [0.15, 0.2) is 12.2 Å². The minimum atomic E-state index is -0.765. The summed E-state index contributed by atoms with van der Waals surface area (Å²) < 4.78 is 16.9. The Morgan fingerprint density at radius 2 is 0.485 bits per heavy atom. The molecule has 0 rings (SSSR count). The fourth-order valence-corrected chi connectivity index (χ4v) is 9.38. The summed E-state index contributed by atoms with van der Waals surface area (Å²) in [6, 6.07) is 0. The molecule has 6 nitrogen and oxygen atoms in total. The largest absolute Gasteiger partial charge is 0.462 e. The Morgan fingerprint density at radius 3 is 0.735 bits per heavy atom. The number of hydrogen-bond donors (Lipinski definition) is 0. The number of hydrogen-bond acceptors (Lipinski definition) is 6.